The highest BCUT2D eigenvalue weighted by atomic mass is 16.4. The van der Waals surface area contributed by atoms with E-state index in [1.54, 1.807) is 19.1 Å². The molecule has 0 bridgehead atoms. The average molecular weight is 354 g/mol. The van der Waals surface area contributed by atoms with Crippen LogP contribution in [0, 0.1) is 22.7 Å². The van der Waals surface area contributed by atoms with E-state index >= 15 is 0 Å². The molecule has 2 aliphatic carbocycles. The second kappa shape index (κ2) is 6.78. The fourth-order valence-electron chi connectivity index (χ4n) is 5.57. The number of hydrogen-bond donors (Lipinski definition) is 5. The van der Waals surface area contributed by atoms with Crippen LogP contribution in [0.1, 0.15) is 47.0 Å². The van der Waals surface area contributed by atoms with Crippen molar-refractivity contribution in [2.24, 2.45) is 22.7 Å². The van der Waals surface area contributed by atoms with Gasteiger partial charge in [-0.25, -0.2) is 0 Å². The lowest BCUT2D eigenvalue weighted by molar-refractivity contribution is -0.255. The molecule has 5 heteroatoms. The third-order valence-corrected chi connectivity index (χ3v) is 6.80. The highest BCUT2D eigenvalue weighted by molar-refractivity contribution is 5.25. The van der Waals surface area contributed by atoms with E-state index in [2.05, 4.69) is 27.4 Å². The van der Waals surface area contributed by atoms with Crippen LogP contribution in [0.15, 0.2) is 24.3 Å². The Labute approximate surface area is 150 Å². The van der Waals surface area contributed by atoms with Gasteiger partial charge in [-0.2, -0.15) is 0 Å². The van der Waals surface area contributed by atoms with Crippen LogP contribution >= 0.6 is 0 Å². The highest BCUT2D eigenvalue weighted by Crippen LogP contribution is 2.62. The van der Waals surface area contributed by atoms with Gasteiger partial charge in [0, 0.05) is 5.92 Å². The Balaban J connectivity index is 2.47. The summed E-state index contributed by atoms with van der Waals surface area (Å²) in [6, 6.07) is 0. The highest BCUT2D eigenvalue weighted by Gasteiger charge is 2.64. The molecule has 0 radical (unpaired) electrons. The van der Waals surface area contributed by atoms with Crippen molar-refractivity contribution in [3.63, 3.8) is 0 Å². The maximum atomic E-state index is 11.1. The van der Waals surface area contributed by atoms with Crippen molar-refractivity contribution in [3.8, 4) is 0 Å². The van der Waals surface area contributed by atoms with E-state index in [4.69, 9.17) is 5.11 Å². The minimum atomic E-state index is -1.50. The van der Waals surface area contributed by atoms with Gasteiger partial charge in [0.2, 0.25) is 0 Å². The minimum absolute atomic E-state index is 0.155. The van der Waals surface area contributed by atoms with Crippen molar-refractivity contribution in [3.05, 3.63) is 24.3 Å². The van der Waals surface area contributed by atoms with Crippen LogP contribution in [-0.4, -0.2) is 56.1 Å². The fourth-order valence-corrected chi connectivity index (χ4v) is 5.57. The summed E-state index contributed by atoms with van der Waals surface area (Å²) >= 11 is 0. The predicted octanol–water partition coefficient (Wildman–Crippen LogP) is 1.39. The Morgan fingerprint density at radius 2 is 1.80 bits per heavy atom. The quantitative estimate of drug-likeness (QED) is 0.491. The molecule has 5 N–H and O–H groups in total. The lowest BCUT2D eigenvalue weighted by atomic mass is 9.44. The fraction of sp³-hybridized carbons (Fsp3) is 0.800. The van der Waals surface area contributed by atoms with Gasteiger partial charge < -0.3 is 25.5 Å². The minimum Gasteiger partial charge on any atom is -0.393 e. The van der Waals surface area contributed by atoms with Crippen LogP contribution in [-0.2, 0) is 0 Å². The SMILES string of the molecule is C=C(/C=C/[C@H]1[C@](C)(O)[C@@H](O)[C@H](O)[C@H]2C(C)(C)CCC[C@@]21C)[C@H](O)CO. The van der Waals surface area contributed by atoms with Crippen molar-refractivity contribution in [1.29, 1.82) is 0 Å². The molecule has 7 atom stereocenters. The molecule has 0 amide bonds. The molecule has 2 saturated carbocycles. The van der Waals surface area contributed by atoms with Gasteiger partial charge in [-0.15, -0.1) is 0 Å². The van der Waals surface area contributed by atoms with Crippen LogP contribution in [0.5, 0.6) is 0 Å². The second-order valence-electron chi connectivity index (χ2n) is 9.10. The van der Waals surface area contributed by atoms with E-state index in [1.807, 2.05) is 0 Å². The van der Waals surface area contributed by atoms with Crippen molar-refractivity contribution >= 4 is 0 Å². The van der Waals surface area contributed by atoms with Gasteiger partial charge >= 0.3 is 0 Å². The molecule has 0 saturated heterocycles. The number of fused-ring (bicyclic) bond motifs is 1. The molecule has 5 nitrogen and oxygen atoms in total. The van der Waals surface area contributed by atoms with Crippen molar-refractivity contribution < 1.29 is 25.5 Å². The molecule has 144 valence electrons. The van der Waals surface area contributed by atoms with Crippen LogP contribution < -0.4 is 0 Å². The summed E-state index contributed by atoms with van der Waals surface area (Å²) in [5, 5.41) is 51.3. The third-order valence-electron chi connectivity index (χ3n) is 6.80. The van der Waals surface area contributed by atoms with Gasteiger partial charge in [0.05, 0.1) is 18.3 Å². The first-order valence-electron chi connectivity index (χ1n) is 9.14. The lowest BCUT2D eigenvalue weighted by Gasteiger charge is -2.63. The summed E-state index contributed by atoms with van der Waals surface area (Å²) in [6.45, 7) is 11.2. The number of rotatable bonds is 4. The monoisotopic (exact) mass is 354 g/mol. The first-order valence-corrected chi connectivity index (χ1v) is 9.14. The molecule has 0 aliphatic heterocycles. The second-order valence-corrected chi connectivity index (χ2v) is 9.10. The molecule has 2 aliphatic rings. The van der Waals surface area contributed by atoms with Gasteiger partial charge in [-0.1, -0.05) is 45.9 Å². The molecule has 2 fully saturated rings. The third kappa shape index (κ3) is 3.33. The average Bonchev–Trinajstić information content (AvgIpc) is 2.50. The molecule has 25 heavy (non-hydrogen) atoms. The zero-order valence-corrected chi connectivity index (χ0v) is 15.8. The molecule has 0 spiro atoms. The molecule has 0 aromatic carbocycles. The number of hydrogen-bond acceptors (Lipinski definition) is 5. The predicted molar refractivity (Wildman–Crippen MR) is 96.7 cm³/mol. The zero-order valence-electron chi connectivity index (χ0n) is 15.8. The van der Waals surface area contributed by atoms with Crippen LogP contribution in [0.4, 0.5) is 0 Å². The lowest BCUT2D eigenvalue weighted by Crippen LogP contribution is -2.69. The van der Waals surface area contributed by atoms with Crippen LogP contribution in [0.3, 0.4) is 0 Å². The van der Waals surface area contributed by atoms with Crippen LogP contribution in [0.25, 0.3) is 0 Å². The van der Waals surface area contributed by atoms with Gasteiger partial charge in [-0.3, -0.25) is 0 Å². The van der Waals surface area contributed by atoms with Crippen LogP contribution in [0.2, 0.25) is 0 Å². The summed E-state index contributed by atoms with van der Waals surface area (Å²) in [4.78, 5) is 0. The molecule has 0 unspecified atom stereocenters. The maximum absolute atomic E-state index is 11.1. The summed E-state index contributed by atoms with van der Waals surface area (Å²) < 4.78 is 0. The Bertz CT molecular complexity index is 538. The Hall–Kier alpha value is -0.720. The topological polar surface area (TPSA) is 101 Å². The van der Waals surface area contributed by atoms with Crippen molar-refractivity contribution in [2.45, 2.75) is 70.9 Å². The van der Waals surface area contributed by atoms with Gasteiger partial charge in [-0.05, 0) is 42.1 Å². The number of aliphatic hydroxyl groups is 5. The normalized spacial score (nSPS) is 45.2. The summed E-state index contributed by atoms with van der Waals surface area (Å²) in [5.41, 5.74) is -1.70. The standard InChI is InChI=1S/C20H34O5/c1-12(13(22)11-21)7-8-14-19(4)10-6-9-18(2,3)16(19)15(23)17(24)20(14,5)25/h7-8,13-17,21-25H,1,6,9-11H2,2-5H3/b8-7+/t13-,14-,15-,16+,17+,19-,20+/m1/s1. The van der Waals surface area contributed by atoms with Gasteiger partial charge in [0.15, 0.2) is 0 Å². The van der Waals surface area contributed by atoms with E-state index in [0.717, 1.165) is 19.3 Å². The van der Waals surface area contributed by atoms with E-state index in [1.165, 1.54) is 0 Å². The van der Waals surface area contributed by atoms with E-state index in [-0.39, 0.29) is 11.3 Å². The molecule has 0 heterocycles. The Morgan fingerprint density at radius 1 is 1.20 bits per heavy atom. The number of aliphatic hydroxyl groups excluding tert-OH is 4. The summed E-state index contributed by atoms with van der Waals surface area (Å²) in [6.07, 6.45) is 2.89. The molecule has 2 rings (SSSR count). The Morgan fingerprint density at radius 3 is 2.36 bits per heavy atom. The summed E-state index contributed by atoms with van der Waals surface area (Å²) in [5.74, 6) is -0.569. The van der Waals surface area contributed by atoms with E-state index in [0.29, 0.717) is 5.57 Å². The molecular formula is C20H34O5. The smallest absolute Gasteiger partial charge is 0.109 e. The largest absolute Gasteiger partial charge is 0.393 e. The zero-order chi connectivity index (χ0) is 19.2. The molecule has 0 aromatic rings. The maximum Gasteiger partial charge on any atom is 0.109 e. The van der Waals surface area contributed by atoms with E-state index < -0.39 is 41.9 Å². The first kappa shape index (κ1) is 20.6. The van der Waals surface area contributed by atoms with Gasteiger partial charge in [0.25, 0.3) is 0 Å². The Kier molecular flexibility index (Phi) is 5.59. The molecular weight excluding hydrogens is 320 g/mol. The molecule has 0 aromatic heterocycles. The van der Waals surface area contributed by atoms with Crippen molar-refractivity contribution in [2.75, 3.05) is 6.61 Å². The van der Waals surface area contributed by atoms with Crippen molar-refractivity contribution in [1.82, 2.24) is 0 Å². The van der Waals surface area contributed by atoms with E-state index in [9.17, 15) is 20.4 Å². The summed E-state index contributed by atoms with van der Waals surface area (Å²) in [7, 11) is 0. The van der Waals surface area contributed by atoms with Gasteiger partial charge in [0.1, 0.15) is 12.2 Å². The first-order chi connectivity index (χ1) is 11.4.